The summed E-state index contributed by atoms with van der Waals surface area (Å²) in [5.41, 5.74) is 1.47. The molecule has 0 radical (unpaired) electrons. The van der Waals surface area contributed by atoms with Gasteiger partial charge in [0.25, 0.3) is 0 Å². The third kappa shape index (κ3) is 3.60. The normalized spacial score (nSPS) is 11.0. The average molecular weight is 332 g/mol. The first kappa shape index (κ1) is 14.5. The van der Waals surface area contributed by atoms with Crippen LogP contribution in [0.2, 0.25) is 4.34 Å². The van der Waals surface area contributed by atoms with Gasteiger partial charge in [0.05, 0.1) is 4.34 Å². The number of anilines is 1. The van der Waals surface area contributed by atoms with Crippen molar-refractivity contribution < 1.29 is 9.21 Å². The molecule has 0 aliphatic heterocycles. The molecule has 1 amide bonds. The van der Waals surface area contributed by atoms with Gasteiger partial charge in [0.1, 0.15) is 0 Å². The number of hydrogen-bond acceptors (Lipinski definition) is 5. The molecular weight excluding hydrogens is 322 g/mol. The van der Waals surface area contributed by atoms with Crippen molar-refractivity contribution in [1.29, 1.82) is 0 Å². The molecule has 1 aromatic carbocycles. The van der Waals surface area contributed by atoms with Gasteiger partial charge in [0, 0.05) is 22.2 Å². The Kier molecular flexibility index (Phi) is 4.32. The lowest BCUT2D eigenvalue weighted by Gasteiger charge is -2.02. The lowest BCUT2D eigenvalue weighted by atomic mass is 10.2. The van der Waals surface area contributed by atoms with Gasteiger partial charge >= 0.3 is 0 Å². The number of carbonyl (C=O) groups excluding carboxylic acids is 1. The molecule has 7 heteroatoms. The lowest BCUT2D eigenvalue weighted by molar-refractivity contribution is -0.111. The highest BCUT2D eigenvalue weighted by Gasteiger charge is 2.04. The molecule has 0 atom stereocenters. The molecule has 0 aliphatic carbocycles. The third-order valence-corrected chi connectivity index (χ3v) is 3.95. The molecule has 1 N–H and O–H groups in total. The van der Waals surface area contributed by atoms with Crippen LogP contribution in [0.3, 0.4) is 0 Å². The van der Waals surface area contributed by atoms with Crippen molar-refractivity contribution in [3.8, 4) is 11.5 Å². The number of carbonyl (C=O) groups is 1. The van der Waals surface area contributed by atoms with Gasteiger partial charge in [-0.2, -0.15) is 0 Å². The number of nitrogens with zero attached hydrogens (tertiary/aromatic N) is 2. The van der Waals surface area contributed by atoms with E-state index >= 15 is 0 Å². The molecule has 3 rings (SSSR count). The first-order valence-electron chi connectivity index (χ1n) is 6.32. The predicted molar refractivity (Wildman–Crippen MR) is 86.7 cm³/mol. The highest BCUT2D eigenvalue weighted by atomic mass is 35.5. The van der Waals surface area contributed by atoms with Gasteiger partial charge in [0.2, 0.25) is 18.2 Å². The maximum Gasteiger partial charge on any atom is 0.248 e. The zero-order chi connectivity index (χ0) is 15.4. The van der Waals surface area contributed by atoms with E-state index in [2.05, 4.69) is 15.5 Å². The SMILES string of the molecule is O=C(/C=C/c1ccc(Cl)s1)Nc1ccc(-c2nnco2)cc1. The molecule has 0 fully saturated rings. The van der Waals surface area contributed by atoms with Gasteiger partial charge < -0.3 is 9.73 Å². The molecule has 2 heterocycles. The Hall–Kier alpha value is -2.44. The molecule has 0 aliphatic rings. The van der Waals surface area contributed by atoms with Crippen LogP contribution in [0, 0.1) is 0 Å². The first-order valence-corrected chi connectivity index (χ1v) is 7.51. The van der Waals surface area contributed by atoms with Crippen LogP contribution in [0.25, 0.3) is 17.5 Å². The van der Waals surface area contributed by atoms with Crippen molar-refractivity contribution in [1.82, 2.24) is 10.2 Å². The van der Waals surface area contributed by atoms with E-state index in [0.29, 0.717) is 15.9 Å². The van der Waals surface area contributed by atoms with Gasteiger partial charge in [-0.15, -0.1) is 21.5 Å². The van der Waals surface area contributed by atoms with E-state index in [9.17, 15) is 4.79 Å². The second kappa shape index (κ2) is 6.55. The Morgan fingerprint density at radius 3 is 2.68 bits per heavy atom. The molecule has 0 saturated heterocycles. The molecule has 2 aromatic heterocycles. The lowest BCUT2D eigenvalue weighted by Crippen LogP contribution is -2.07. The summed E-state index contributed by atoms with van der Waals surface area (Å²) in [5.74, 6) is 0.224. The molecule has 22 heavy (non-hydrogen) atoms. The summed E-state index contributed by atoms with van der Waals surface area (Å²) < 4.78 is 5.79. The van der Waals surface area contributed by atoms with Crippen LogP contribution >= 0.6 is 22.9 Å². The molecule has 0 unspecified atom stereocenters. The minimum Gasteiger partial charge on any atom is -0.423 e. The fraction of sp³-hybridized carbons (Fsp3) is 0. The van der Waals surface area contributed by atoms with Crippen molar-refractivity contribution in [2.24, 2.45) is 0 Å². The minimum absolute atomic E-state index is 0.213. The zero-order valence-electron chi connectivity index (χ0n) is 11.2. The van der Waals surface area contributed by atoms with Crippen molar-refractivity contribution in [3.05, 3.63) is 58.1 Å². The average Bonchev–Trinajstić information content (AvgIpc) is 3.17. The standard InChI is InChI=1S/C15H10ClN3O2S/c16-13-7-5-12(22-13)6-8-14(20)18-11-3-1-10(2-4-11)15-19-17-9-21-15/h1-9H,(H,18,20)/b8-6+. The molecule has 110 valence electrons. The molecule has 0 saturated carbocycles. The summed E-state index contributed by atoms with van der Waals surface area (Å²) in [6, 6.07) is 10.8. The summed E-state index contributed by atoms with van der Waals surface area (Å²) in [6.45, 7) is 0. The zero-order valence-corrected chi connectivity index (χ0v) is 12.8. The van der Waals surface area contributed by atoms with Crippen molar-refractivity contribution >= 4 is 40.6 Å². The Bertz CT molecular complexity index is 795. The summed E-state index contributed by atoms with van der Waals surface area (Å²) in [5, 5.41) is 10.2. The van der Waals surface area contributed by atoms with Crippen LogP contribution in [0.1, 0.15) is 4.88 Å². The number of halogens is 1. The van der Waals surface area contributed by atoms with Gasteiger partial charge in [-0.3, -0.25) is 4.79 Å². The predicted octanol–water partition coefficient (Wildman–Crippen LogP) is 4.10. The van der Waals surface area contributed by atoms with Crippen LogP contribution in [0.4, 0.5) is 5.69 Å². The maximum atomic E-state index is 11.8. The fourth-order valence-electron chi connectivity index (χ4n) is 1.75. The minimum atomic E-state index is -0.213. The van der Waals surface area contributed by atoms with Crippen LogP contribution in [-0.4, -0.2) is 16.1 Å². The highest BCUT2D eigenvalue weighted by molar-refractivity contribution is 7.17. The highest BCUT2D eigenvalue weighted by Crippen LogP contribution is 2.22. The molecule has 5 nitrogen and oxygen atoms in total. The number of amides is 1. The number of hydrogen-bond donors (Lipinski definition) is 1. The van der Waals surface area contributed by atoms with Crippen molar-refractivity contribution in [2.45, 2.75) is 0 Å². The summed E-state index contributed by atoms with van der Waals surface area (Å²) in [7, 11) is 0. The molecular formula is C15H10ClN3O2S. The van der Waals surface area contributed by atoms with Crippen molar-refractivity contribution in [3.63, 3.8) is 0 Å². The quantitative estimate of drug-likeness (QED) is 0.731. The molecule has 3 aromatic rings. The van der Waals surface area contributed by atoms with E-state index < -0.39 is 0 Å². The number of aromatic nitrogens is 2. The number of nitrogens with one attached hydrogen (secondary N) is 1. The Morgan fingerprint density at radius 2 is 2.05 bits per heavy atom. The fourth-order valence-corrected chi connectivity index (χ4v) is 2.72. The van der Waals surface area contributed by atoms with Gasteiger partial charge in [-0.25, -0.2) is 0 Å². The largest absolute Gasteiger partial charge is 0.423 e. The van der Waals surface area contributed by atoms with E-state index in [1.54, 1.807) is 36.4 Å². The van der Waals surface area contributed by atoms with Gasteiger partial charge in [-0.1, -0.05) is 11.6 Å². The van der Waals surface area contributed by atoms with Crippen LogP contribution in [-0.2, 0) is 4.79 Å². The molecule has 0 spiro atoms. The second-order valence-corrected chi connectivity index (χ2v) is 6.03. The van der Waals surface area contributed by atoms with Gasteiger partial charge in [-0.05, 0) is 42.5 Å². The van der Waals surface area contributed by atoms with Crippen LogP contribution in [0.5, 0.6) is 0 Å². The summed E-state index contributed by atoms with van der Waals surface area (Å²) in [4.78, 5) is 12.8. The summed E-state index contributed by atoms with van der Waals surface area (Å²) in [6.07, 6.45) is 4.46. The Balaban J connectivity index is 1.63. The number of benzene rings is 1. The Morgan fingerprint density at radius 1 is 1.23 bits per heavy atom. The van der Waals surface area contributed by atoms with E-state index in [-0.39, 0.29) is 5.91 Å². The van der Waals surface area contributed by atoms with E-state index in [1.807, 2.05) is 6.07 Å². The van der Waals surface area contributed by atoms with Crippen LogP contribution in [0.15, 0.2) is 53.3 Å². The van der Waals surface area contributed by atoms with Crippen LogP contribution < -0.4 is 5.32 Å². The van der Waals surface area contributed by atoms with Crippen molar-refractivity contribution in [2.75, 3.05) is 5.32 Å². The van der Waals surface area contributed by atoms with E-state index in [4.69, 9.17) is 16.0 Å². The summed E-state index contributed by atoms with van der Waals surface area (Å²) >= 11 is 7.24. The monoisotopic (exact) mass is 331 g/mol. The number of thiophene rings is 1. The second-order valence-electron chi connectivity index (χ2n) is 4.29. The maximum absolute atomic E-state index is 11.8. The smallest absolute Gasteiger partial charge is 0.248 e. The van der Waals surface area contributed by atoms with E-state index in [0.717, 1.165) is 10.4 Å². The first-order chi connectivity index (χ1) is 10.7. The van der Waals surface area contributed by atoms with E-state index in [1.165, 1.54) is 23.8 Å². The van der Waals surface area contributed by atoms with Gasteiger partial charge in [0.15, 0.2) is 0 Å². The molecule has 0 bridgehead atoms. The third-order valence-electron chi connectivity index (χ3n) is 2.75. The Labute approximate surface area is 135 Å². The topological polar surface area (TPSA) is 68.0 Å². The number of rotatable bonds is 4.